The Hall–Kier alpha value is -3.27. The third-order valence-electron chi connectivity index (χ3n) is 7.45. The molecule has 0 saturated heterocycles. The summed E-state index contributed by atoms with van der Waals surface area (Å²) < 4.78 is 29.1. The zero-order valence-corrected chi connectivity index (χ0v) is 20.7. The molecule has 2 fully saturated rings. The number of anilines is 1. The second-order valence-corrected chi connectivity index (χ2v) is 10.4. The fraction of sp³-hybridized carbons (Fsp3) is 0.440. The number of fused-ring (bicyclic) bond motifs is 3. The molecule has 1 aliphatic heterocycles. The minimum Gasteiger partial charge on any atom is -0.357 e. The Kier molecular flexibility index (Phi) is 5.51. The number of alkyl halides is 2. The van der Waals surface area contributed by atoms with Crippen LogP contribution in [0.25, 0.3) is 0 Å². The van der Waals surface area contributed by atoms with E-state index in [1.807, 2.05) is 6.92 Å². The molecular weight excluding hydrogens is 494 g/mol. The maximum absolute atomic E-state index is 13.7. The monoisotopic (exact) mass is 518 g/mol. The third kappa shape index (κ3) is 3.78. The van der Waals surface area contributed by atoms with Crippen LogP contribution in [0.1, 0.15) is 62.8 Å². The van der Waals surface area contributed by atoms with Gasteiger partial charge in [0.15, 0.2) is 0 Å². The average Bonchev–Trinajstić information content (AvgIpc) is 3.36. The number of hydrogen-bond acceptors (Lipinski definition) is 4. The number of nitrogens with one attached hydrogen (secondary N) is 3. The molecule has 3 amide bonds. The highest BCUT2D eigenvalue weighted by molar-refractivity contribution is 6.44. The van der Waals surface area contributed by atoms with Crippen molar-refractivity contribution in [3.05, 3.63) is 51.3 Å². The predicted molar refractivity (Wildman–Crippen MR) is 128 cm³/mol. The van der Waals surface area contributed by atoms with Crippen LogP contribution in [0.2, 0.25) is 5.02 Å². The Morgan fingerprint density at radius 1 is 1.14 bits per heavy atom. The van der Waals surface area contributed by atoms with Crippen LogP contribution in [0.5, 0.6) is 0 Å². The van der Waals surface area contributed by atoms with Crippen molar-refractivity contribution in [2.45, 2.75) is 57.0 Å². The molecule has 2 aliphatic carbocycles. The van der Waals surface area contributed by atoms with Gasteiger partial charge in [0.05, 0.1) is 5.56 Å². The summed E-state index contributed by atoms with van der Waals surface area (Å²) in [6.45, 7) is 3.97. The number of halogens is 3. The minimum absolute atomic E-state index is 0.0479. The standard InChI is InChI=1S/C25H25ClF2N4O4/c1-11-4-5-14(7-16(11)26)30-21(34)18-12(2)17(19-15-6-13(15)8-32(18)19)20(33)22(35)31-24(23(36)29-3)9-25(27,28)10-24/h4-5,7,13,15H,6,8-10H2,1-3H3,(H,29,36)(H,30,34)(H,31,35)/t13-,15-/m0/s1. The molecule has 2 heterocycles. The number of nitrogens with zero attached hydrogens (tertiary/aromatic N) is 1. The number of likely N-dealkylation sites (N-methyl/N-ethyl adjacent to an activating group) is 1. The molecular formula is C25H25ClF2N4O4. The van der Waals surface area contributed by atoms with Gasteiger partial charge >= 0.3 is 0 Å². The summed E-state index contributed by atoms with van der Waals surface area (Å²) in [6.07, 6.45) is -0.930. The lowest BCUT2D eigenvalue weighted by atomic mass is 9.72. The molecule has 0 spiro atoms. The number of amides is 3. The van der Waals surface area contributed by atoms with E-state index in [1.54, 1.807) is 29.7 Å². The summed E-state index contributed by atoms with van der Waals surface area (Å²) in [5.74, 6) is -6.11. The minimum atomic E-state index is -3.11. The van der Waals surface area contributed by atoms with Crippen molar-refractivity contribution in [3.8, 4) is 0 Å². The van der Waals surface area contributed by atoms with Crippen LogP contribution < -0.4 is 16.0 Å². The molecule has 1 aromatic heterocycles. The SMILES string of the molecule is CNC(=O)C1(NC(=O)C(=O)c2c(C)c(C(=O)Nc3ccc(C)c(Cl)c3)n3c2[C@H]2C[C@H]2C3)CC(F)(F)C1. The van der Waals surface area contributed by atoms with Crippen LogP contribution in [-0.2, 0) is 16.1 Å². The molecule has 2 atom stereocenters. The lowest BCUT2D eigenvalue weighted by Crippen LogP contribution is -2.69. The van der Waals surface area contributed by atoms with Crippen molar-refractivity contribution in [1.82, 2.24) is 15.2 Å². The molecule has 3 N–H and O–H groups in total. The van der Waals surface area contributed by atoms with Gasteiger partial charge in [0.2, 0.25) is 5.91 Å². The second-order valence-electron chi connectivity index (χ2n) is 10.0. The zero-order valence-electron chi connectivity index (χ0n) is 19.9. The van der Waals surface area contributed by atoms with Gasteiger partial charge in [-0.15, -0.1) is 0 Å². The molecule has 190 valence electrons. The van der Waals surface area contributed by atoms with Gasteiger partial charge in [-0.1, -0.05) is 17.7 Å². The van der Waals surface area contributed by atoms with Crippen molar-refractivity contribution in [2.75, 3.05) is 12.4 Å². The van der Waals surface area contributed by atoms with Crippen molar-refractivity contribution < 1.29 is 28.0 Å². The first-order valence-corrected chi connectivity index (χ1v) is 12.0. The smallest absolute Gasteiger partial charge is 0.293 e. The Bertz CT molecular complexity index is 1340. The van der Waals surface area contributed by atoms with E-state index in [0.717, 1.165) is 12.0 Å². The molecule has 3 aliphatic rings. The van der Waals surface area contributed by atoms with Crippen LogP contribution in [0.3, 0.4) is 0 Å². The first-order valence-electron chi connectivity index (χ1n) is 11.6. The fourth-order valence-corrected chi connectivity index (χ4v) is 5.75. The number of aryl methyl sites for hydroxylation is 1. The molecule has 2 saturated carbocycles. The number of hydrogen-bond donors (Lipinski definition) is 3. The predicted octanol–water partition coefficient (Wildman–Crippen LogP) is 3.34. The Labute approximate surface area is 210 Å². The first kappa shape index (κ1) is 24.4. The summed E-state index contributed by atoms with van der Waals surface area (Å²) in [6, 6.07) is 5.11. The molecule has 36 heavy (non-hydrogen) atoms. The third-order valence-corrected chi connectivity index (χ3v) is 7.86. The summed E-state index contributed by atoms with van der Waals surface area (Å²) in [4.78, 5) is 51.9. The lowest BCUT2D eigenvalue weighted by Gasteiger charge is -2.45. The number of ketones is 1. The van der Waals surface area contributed by atoms with Crippen molar-refractivity contribution in [2.24, 2.45) is 5.92 Å². The van der Waals surface area contributed by atoms with Crippen LogP contribution in [0.15, 0.2) is 18.2 Å². The van der Waals surface area contributed by atoms with Crippen molar-refractivity contribution in [1.29, 1.82) is 0 Å². The van der Waals surface area contributed by atoms with E-state index in [-0.39, 0.29) is 23.1 Å². The van der Waals surface area contributed by atoms with Crippen molar-refractivity contribution in [3.63, 3.8) is 0 Å². The van der Waals surface area contributed by atoms with E-state index < -0.39 is 47.8 Å². The molecule has 5 rings (SSSR count). The van der Waals surface area contributed by atoms with E-state index in [4.69, 9.17) is 11.6 Å². The lowest BCUT2D eigenvalue weighted by molar-refractivity contribution is -0.164. The van der Waals surface area contributed by atoms with Crippen LogP contribution in [0, 0.1) is 19.8 Å². The highest BCUT2D eigenvalue weighted by atomic mass is 35.5. The summed E-state index contributed by atoms with van der Waals surface area (Å²) >= 11 is 6.17. The highest BCUT2D eigenvalue weighted by Crippen LogP contribution is 2.56. The van der Waals surface area contributed by atoms with E-state index >= 15 is 0 Å². The number of benzene rings is 1. The zero-order chi connectivity index (χ0) is 26.2. The van der Waals surface area contributed by atoms with Gasteiger partial charge in [-0.05, 0) is 49.4 Å². The average molecular weight is 519 g/mol. The number of carbonyl (C=O) groups excluding carboxylic acids is 4. The molecule has 1 aromatic carbocycles. The molecule has 0 bridgehead atoms. The van der Waals surface area contributed by atoms with E-state index in [2.05, 4.69) is 16.0 Å². The number of rotatable bonds is 6. The van der Waals surface area contributed by atoms with E-state index in [9.17, 15) is 28.0 Å². The number of aromatic nitrogens is 1. The van der Waals surface area contributed by atoms with Crippen LogP contribution in [0.4, 0.5) is 14.5 Å². The molecule has 2 aromatic rings. The van der Waals surface area contributed by atoms with Gasteiger partial charge in [0.25, 0.3) is 23.5 Å². The topological polar surface area (TPSA) is 109 Å². The number of carbonyl (C=O) groups is 4. The largest absolute Gasteiger partial charge is 0.357 e. The highest BCUT2D eigenvalue weighted by Gasteiger charge is 2.62. The van der Waals surface area contributed by atoms with Gasteiger partial charge in [0.1, 0.15) is 11.2 Å². The van der Waals surface area contributed by atoms with Crippen molar-refractivity contribution >= 4 is 40.8 Å². The maximum Gasteiger partial charge on any atom is 0.293 e. The van der Waals surface area contributed by atoms with Gasteiger partial charge in [-0.25, -0.2) is 8.78 Å². The summed E-state index contributed by atoms with van der Waals surface area (Å²) in [7, 11) is 1.28. The van der Waals surface area contributed by atoms with Crippen LogP contribution in [-0.4, -0.2) is 46.6 Å². The molecule has 0 unspecified atom stereocenters. The van der Waals surface area contributed by atoms with E-state index in [1.165, 1.54) is 7.05 Å². The summed E-state index contributed by atoms with van der Waals surface area (Å²) in [5.41, 5.74) is 0.792. The van der Waals surface area contributed by atoms with Gasteiger partial charge in [0, 0.05) is 48.8 Å². The second kappa shape index (κ2) is 8.12. The Balaban J connectivity index is 1.45. The quantitative estimate of drug-likeness (QED) is 0.402. The van der Waals surface area contributed by atoms with Gasteiger partial charge in [-0.2, -0.15) is 0 Å². The van der Waals surface area contributed by atoms with E-state index in [0.29, 0.717) is 28.5 Å². The number of Topliss-reactive ketones (excluding diaryl/α,β-unsaturated/α-hetero) is 1. The molecule has 0 radical (unpaired) electrons. The summed E-state index contributed by atoms with van der Waals surface area (Å²) in [5, 5.41) is 7.84. The Morgan fingerprint density at radius 3 is 2.44 bits per heavy atom. The molecule has 8 nitrogen and oxygen atoms in total. The normalized spacial score (nSPS) is 22.1. The molecule has 11 heteroatoms. The Morgan fingerprint density at radius 2 is 1.83 bits per heavy atom. The van der Waals surface area contributed by atoms with Gasteiger partial charge in [-0.3, -0.25) is 19.2 Å². The first-order chi connectivity index (χ1) is 16.9. The fourth-order valence-electron chi connectivity index (χ4n) is 5.57. The van der Waals surface area contributed by atoms with Crippen LogP contribution >= 0.6 is 11.6 Å². The maximum atomic E-state index is 13.7. The van der Waals surface area contributed by atoms with Gasteiger partial charge < -0.3 is 20.5 Å².